The first kappa shape index (κ1) is 20.2. The molecule has 5 aromatic rings. The number of carbonyl (C=O) groups excluding carboxylic acids is 1. The maximum absolute atomic E-state index is 12.7. The summed E-state index contributed by atoms with van der Waals surface area (Å²) in [6, 6.07) is 23.5. The van der Waals surface area contributed by atoms with E-state index in [2.05, 4.69) is 5.32 Å². The minimum atomic E-state index is -0.676. The zero-order valence-electron chi connectivity index (χ0n) is 16.5. The minimum Gasteiger partial charge on any atom is -0.422 e. The quantitative estimate of drug-likeness (QED) is 0.312. The maximum Gasteiger partial charge on any atom is 0.349 e. The SMILES string of the molecule is O=C(Nc1cccc(-c2csc(-c3ccc(Cl)cc3)n2)c1)c1cc2ccccc2oc1=O. The normalized spacial score (nSPS) is 10.9. The Morgan fingerprint density at radius 1 is 0.938 bits per heavy atom. The summed E-state index contributed by atoms with van der Waals surface area (Å²) in [6.45, 7) is 0. The number of anilines is 1. The summed E-state index contributed by atoms with van der Waals surface area (Å²) in [6.07, 6.45) is 0. The van der Waals surface area contributed by atoms with E-state index in [9.17, 15) is 9.59 Å². The van der Waals surface area contributed by atoms with Gasteiger partial charge in [0, 0.05) is 32.6 Å². The van der Waals surface area contributed by atoms with Crippen LogP contribution >= 0.6 is 22.9 Å². The lowest BCUT2D eigenvalue weighted by atomic mass is 10.1. The first-order valence-electron chi connectivity index (χ1n) is 9.73. The molecule has 156 valence electrons. The fourth-order valence-corrected chi connectivity index (χ4v) is 4.27. The zero-order chi connectivity index (χ0) is 22.1. The number of benzene rings is 3. The number of halogens is 1. The molecular formula is C25H15ClN2O3S. The van der Waals surface area contributed by atoms with Crippen LogP contribution in [-0.4, -0.2) is 10.9 Å². The van der Waals surface area contributed by atoms with Gasteiger partial charge in [-0.25, -0.2) is 9.78 Å². The van der Waals surface area contributed by atoms with Crippen molar-refractivity contribution in [2.45, 2.75) is 0 Å². The van der Waals surface area contributed by atoms with E-state index in [0.717, 1.165) is 21.8 Å². The Morgan fingerprint density at radius 2 is 1.75 bits per heavy atom. The van der Waals surface area contributed by atoms with Gasteiger partial charge < -0.3 is 9.73 Å². The predicted octanol–water partition coefficient (Wildman–Crippen LogP) is 6.49. The molecule has 0 atom stereocenters. The number of para-hydroxylation sites is 1. The Balaban J connectivity index is 1.40. The third kappa shape index (κ3) is 4.06. The molecule has 0 saturated heterocycles. The van der Waals surface area contributed by atoms with Gasteiger partial charge >= 0.3 is 5.63 Å². The minimum absolute atomic E-state index is 0.0483. The van der Waals surface area contributed by atoms with Gasteiger partial charge in [-0.2, -0.15) is 0 Å². The lowest BCUT2D eigenvalue weighted by Gasteiger charge is -2.07. The van der Waals surface area contributed by atoms with Gasteiger partial charge in [0.25, 0.3) is 5.91 Å². The monoisotopic (exact) mass is 458 g/mol. The first-order valence-corrected chi connectivity index (χ1v) is 11.0. The molecule has 7 heteroatoms. The summed E-state index contributed by atoms with van der Waals surface area (Å²) in [5.41, 5.74) is 2.90. The van der Waals surface area contributed by atoms with Gasteiger partial charge in [-0.15, -0.1) is 11.3 Å². The number of aromatic nitrogens is 1. The van der Waals surface area contributed by atoms with Crippen molar-refractivity contribution in [1.82, 2.24) is 4.98 Å². The molecule has 5 rings (SSSR count). The molecule has 0 bridgehead atoms. The van der Waals surface area contributed by atoms with Crippen molar-refractivity contribution in [1.29, 1.82) is 0 Å². The van der Waals surface area contributed by atoms with E-state index in [0.29, 0.717) is 21.7 Å². The molecule has 5 nitrogen and oxygen atoms in total. The van der Waals surface area contributed by atoms with Crippen LogP contribution in [0.1, 0.15) is 10.4 Å². The standard InChI is InChI=1S/C25H15ClN2O3S/c26-18-10-8-15(9-11-18)24-28-21(14-32-24)16-5-3-6-19(12-16)27-23(29)20-13-17-4-1-2-7-22(17)31-25(20)30/h1-14H,(H,27,29). The molecule has 1 N–H and O–H groups in total. The molecule has 0 aliphatic rings. The van der Waals surface area contributed by atoms with Crippen molar-refractivity contribution in [3.63, 3.8) is 0 Å². The topological polar surface area (TPSA) is 72.2 Å². The highest BCUT2D eigenvalue weighted by molar-refractivity contribution is 7.13. The van der Waals surface area contributed by atoms with Gasteiger partial charge in [-0.05, 0) is 36.4 Å². The van der Waals surface area contributed by atoms with Crippen LogP contribution in [0.5, 0.6) is 0 Å². The second kappa shape index (κ2) is 8.42. The van der Waals surface area contributed by atoms with Crippen LogP contribution in [0.2, 0.25) is 5.02 Å². The number of thiazole rings is 1. The molecule has 0 aliphatic carbocycles. The Kier molecular flexibility index (Phi) is 5.31. The van der Waals surface area contributed by atoms with Crippen LogP contribution in [0.25, 0.3) is 32.8 Å². The van der Waals surface area contributed by atoms with Crippen LogP contribution in [-0.2, 0) is 0 Å². The van der Waals surface area contributed by atoms with Crippen LogP contribution in [0.4, 0.5) is 5.69 Å². The summed E-state index contributed by atoms with van der Waals surface area (Å²) < 4.78 is 5.26. The first-order chi connectivity index (χ1) is 15.6. The van der Waals surface area contributed by atoms with Crippen molar-refractivity contribution in [3.8, 4) is 21.8 Å². The molecule has 3 aromatic carbocycles. The van der Waals surface area contributed by atoms with Crippen molar-refractivity contribution in [2.75, 3.05) is 5.32 Å². The van der Waals surface area contributed by atoms with E-state index in [1.165, 1.54) is 11.3 Å². The summed E-state index contributed by atoms with van der Waals surface area (Å²) in [5, 5.41) is 6.98. The number of fused-ring (bicyclic) bond motifs is 1. The molecule has 1 amide bonds. The molecule has 0 unspecified atom stereocenters. The summed E-state index contributed by atoms with van der Waals surface area (Å²) in [4.78, 5) is 29.7. The maximum atomic E-state index is 12.7. The fourth-order valence-electron chi connectivity index (χ4n) is 3.31. The van der Waals surface area contributed by atoms with Crippen molar-refractivity contribution < 1.29 is 9.21 Å². The van der Waals surface area contributed by atoms with Gasteiger partial charge in [0.2, 0.25) is 0 Å². The Morgan fingerprint density at radius 3 is 2.59 bits per heavy atom. The molecule has 32 heavy (non-hydrogen) atoms. The third-order valence-corrected chi connectivity index (χ3v) is 6.04. The lowest BCUT2D eigenvalue weighted by Crippen LogP contribution is -2.20. The van der Waals surface area contributed by atoms with Crippen molar-refractivity contribution in [3.05, 3.63) is 105 Å². The molecule has 2 aromatic heterocycles. The Hall–Kier alpha value is -3.74. The second-order valence-corrected chi connectivity index (χ2v) is 8.36. The predicted molar refractivity (Wildman–Crippen MR) is 128 cm³/mol. The smallest absolute Gasteiger partial charge is 0.349 e. The lowest BCUT2D eigenvalue weighted by molar-refractivity contribution is 0.102. The van der Waals surface area contributed by atoms with Gasteiger partial charge in [-0.3, -0.25) is 4.79 Å². The third-order valence-electron chi connectivity index (χ3n) is 4.90. The number of rotatable bonds is 4. The number of amides is 1. The molecule has 0 spiro atoms. The molecule has 0 saturated carbocycles. The van der Waals surface area contributed by atoms with Gasteiger partial charge in [0.05, 0.1) is 5.69 Å². The highest BCUT2D eigenvalue weighted by Gasteiger charge is 2.15. The van der Waals surface area contributed by atoms with E-state index in [1.807, 2.05) is 53.9 Å². The molecular weight excluding hydrogens is 444 g/mol. The van der Waals surface area contributed by atoms with Crippen LogP contribution < -0.4 is 10.9 Å². The average Bonchev–Trinajstić information content (AvgIpc) is 3.29. The molecule has 0 fully saturated rings. The largest absolute Gasteiger partial charge is 0.422 e. The van der Waals surface area contributed by atoms with Crippen molar-refractivity contribution >= 4 is 45.5 Å². The van der Waals surface area contributed by atoms with Gasteiger partial charge in [-0.1, -0.05) is 54.1 Å². The number of hydrogen-bond acceptors (Lipinski definition) is 5. The van der Waals surface area contributed by atoms with Gasteiger partial charge in [0.15, 0.2) is 0 Å². The average molecular weight is 459 g/mol. The molecule has 2 heterocycles. The highest BCUT2D eigenvalue weighted by Crippen LogP contribution is 2.30. The van der Waals surface area contributed by atoms with E-state index >= 15 is 0 Å². The summed E-state index contributed by atoms with van der Waals surface area (Å²) in [7, 11) is 0. The van der Waals surface area contributed by atoms with E-state index in [4.69, 9.17) is 21.0 Å². The molecule has 0 aliphatic heterocycles. The molecule has 0 radical (unpaired) electrons. The number of nitrogens with one attached hydrogen (secondary N) is 1. The fraction of sp³-hybridized carbons (Fsp3) is 0. The second-order valence-electron chi connectivity index (χ2n) is 7.07. The highest BCUT2D eigenvalue weighted by atomic mass is 35.5. The Labute approximate surface area is 191 Å². The number of carbonyl (C=O) groups is 1. The van der Waals surface area contributed by atoms with Crippen LogP contribution in [0, 0.1) is 0 Å². The van der Waals surface area contributed by atoms with Gasteiger partial charge in [0.1, 0.15) is 16.2 Å². The number of nitrogens with zero attached hydrogens (tertiary/aromatic N) is 1. The van der Waals surface area contributed by atoms with E-state index in [1.54, 1.807) is 30.3 Å². The Bertz CT molecular complexity index is 1510. The van der Waals surface area contributed by atoms with E-state index < -0.39 is 11.5 Å². The summed E-state index contributed by atoms with van der Waals surface area (Å²) >= 11 is 7.49. The van der Waals surface area contributed by atoms with E-state index in [-0.39, 0.29) is 5.56 Å². The van der Waals surface area contributed by atoms with Crippen LogP contribution in [0.15, 0.2) is 93.5 Å². The zero-order valence-corrected chi connectivity index (χ0v) is 18.1. The van der Waals surface area contributed by atoms with Crippen molar-refractivity contribution in [2.24, 2.45) is 0 Å². The van der Waals surface area contributed by atoms with Crippen LogP contribution in [0.3, 0.4) is 0 Å². The number of hydrogen-bond donors (Lipinski definition) is 1. The summed E-state index contributed by atoms with van der Waals surface area (Å²) in [5.74, 6) is -0.526.